The Morgan fingerprint density at radius 2 is 1.90 bits per heavy atom. The Labute approximate surface area is 183 Å². The van der Waals surface area contributed by atoms with Gasteiger partial charge in [-0.25, -0.2) is 4.68 Å². The highest BCUT2D eigenvalue weighted by Gasteiger charge is 2.26. The first-order valence-corrected chi connectivity index (χ1v) is 10.1. The number of aryl methyl sites for hydroxylation is 1. The van der Waals surface area contributed by atoms with Crippen LogP contribution in [0.4, 0.5) is 11.9 Å². The summed E-state index contributed by atoms with van der Waals surface area (Å²) in [5.74, 6) is 0.477. The Balaban J connectivity index is 1.53. The number of amides is 1. The molecule has 1 atom stereocenters. The number of allylic oxidation sites excluding steroid dienone is 1. The number of halogens is 1. The molecule has 1 amide bonds. The summed E-state index contributed by atoms with van der Waals surface area (Å²) >= 11 is 6.08. The Bertz CT molecular complexity index is 1260. The SMILES string of the molecule is Cc1ccc(C2=C[C@H](c3ccc(Cl)cc3)n3nc(NC(=O)c4ccco4)nc3N2)cc1. The fourth-order valence-corrected chi connectivity index (χ4v) is 3.54. The number of hydrogen-bond acceptors (Lipinski definition) is 5. The van der Waals surface area contributed by atoms with E-state index in [4.69, 9.17) is 16.0 Å². The smallest absolute Gasteiger partial charge is 0.293 e. The number of benzene rings is 2. The van der Waals surface area contributed by atoms with E-state index in [1.54, 1.807) is 16.8 Å². The van der Waals surface area contributed by atoms with Crippen LogP contribution in [0, 0.1) is 6.92 Å². The Kier molecular flexibility index (Phi) is 4.80. The van der Waals surface area contributed by atoms with E-state index in [-0.39, 0.29) is 17.8 Å². The maximum absolute atomic E-state index is 12.4. The van der Waals surface area contributed by atoms with Crippen molar-refractivity contribution in [1.82, 2.24) is 14.8 Å². The van der Waals surface area contributed by atoms with Crippen LogP contribution in [0.15, 0.2) is 77.4 Å². The molecule has 0 bridgehead atoms. The minimum Gasteiger partial charge on any atom is -0.459 e. The fraction of sp³-hybridized carbons (Fsp3) is 0.0870. The van der Waals surface area contributed by atoms with E-state index in [1.165, 1.54) is 11.8 Å². The maximum atomic E-state index is 12.4. The fourth-order valence-electron chi connectivity index (χ4n) is 3.42. The predicted molar refractivity (Wildman–Crippen MR) is 119 cm³/mol. The third kappa shape index (κ3) is 3.83. The van der Waals surface area contributed by atoms with E-state index >= 15 is 0 Å². The second kappa shape index (κ2) is 7.77. The minimum absolute atomic E-state index is 0.182. The first-order chi connectivity index (χ1) is 15.1. The summed E-state index contributed by atoms with van der Waals surface area (Å²) < 4.78 is 6.88. The van der Waals surface area contributed by atoms with E-state index in [2.05, 4.69) is 51.1 Å². The molecule has 3 heterocycles. The van der Waals surface area contributed by atoms with Gasteiger partial charge in [0, 0.05) is 10.7 Å². The second-order valence-electron chi connectivity index (χ2n) is 7.20. The molecule has 0 radical (unpaired) electrons. The van der Waals surface area contributed by atoms with Crippen LogP contribution in [0.3, 0.4) is 0 Å². The van der Waals surface area contributed by atoms with Crippen LogP contribution in [0.1, 0.15) is 33.3 Å². The number of anilines is 2. The Morgan fingerprint density at radius 3 is 2.61 bits per heavy atom. The molecular formula is C23H18ClN5O2. The molecule has 2 aromatic heterocycles. The van der Waals surface area contributed by atoms with Gasteiger partial charge in [-0.2, -0.15) is 4.98 Å². The molecule has 0 unspecified atom stereocenters. The molecule has 1 aliphatic heterocycles. The van der Waals surface area contributed by atoms with Crippen molar-refractivity contribution in [3.8, 4) is 0 Å². The quantitative estimate of drug-likeness (QED) is 0.467. The van der Waals surface area contributed by atoms with Crippen molar-refractivity contribution in [2.75, 3.05) is 10.6 Å². The lowest BCUT2D eigenvalue weighted by molar-refractivity contribution is 0.0996. The third-order valence-corrected chi connectivity index (χ3v) is 5.26. The standard InChI is InChI=1S/C23H18ClN5O2/c1-14-4-6-15(7-5-14)18-13-19(16-8-10-17(24)11-9-16)29-23(25-18)27-22(28-29)26-21(30)20-3-2-12-31-20/h2-13,19H,1H3,(H2,25,26,27,28,30)/t19-/m1/s1. The normalized spacial score (nSPS) is 15.0. The van der Waals surface area contributed by atoms with E-state index in [0.717, 1.165) is 16.8 Å². The molecule has 1 aliphatic rings. The number of furan rings is 1. The summed E-state index contributed by atoms with van der Waals surface area (Å²) in [5, 5.41) is 11.2. The molecule has 0 saturated carbocycles. The molecule has 4 aromatic rings. The predicted octanol–water partition coefficient (Wildman–Crippen LogP) is 5.14. The van der Waals surface area contributed by atoms with Gasteiger partial charge in [-0.15, -0.1) is 5.10 Å². The Hall–Kier alpha value is -3.84. The zero-order chi connectivity index (χ0) is 21.4. The number of rotatable bonds is 4. The molecule has 0 spiro atoms. The molecule has 0 aliphatic carbocycles. The van der Waals surface area contributed by atoms with Crippen molar-refractivity contribution in [2.45, 2.75) is 13.0 Å². The zero-order valence-electron chi connectivity index (χ0n) is 16.5. The zero-order valence-corrected chi connectivity index (χ0v) is 17.3. The summed E-state index contributed by atoms with van der Waals surface area (Å²) in [7, 11) is 0. The summed E-state index contributed by atoms with van der Waals surface area (Å²) in [6, 6.07) is 18.8. The lowest BCUT2D eigenvalue weighted by atomic mass is 10.0. The van der Waals surface area contributed by atoms with Crippen molar-refractivity contribution < 1.29 is 9.21 Å². The summed E-state index contributed by atoms with van der Waals surface area (Å²) in [6.07, 6.45) is 3.52. The first kappa shape index (κ1) is 19.1. The van der Waals surface area contributed by atoms with Gasteiger partial charge in [0.1, 0.15) is 6.04 Å². The van der Waals surface area contributed by atoms with Crippen LogP contribution < -0.4 is 10.6 Å². The lowest BCUT2D eigenvalue weighted by Crippen LogP contribution is -2.20. The number of carbonyl (C=O) groups excluding carboxylic acids is 1. The molecule has 8 heteroatoms. The molecule has 7 nitrogen and oxygen atoms in total. The molecule has 2 N–H and O–H groups in total. The average Bonchev–Trinajstić information content (AvgIpc) is 3.44. The number of nitrogens with zero attached hydrogens (tertiary/aromatic N) is 3. The van der Waals surface area contributed by atoms with Gasteiger partial charge in [0.2, 0.25) is 5.95 Å². The number of hydrogen-bond donors (Lipinski definition) is 2. The topological polar surface area (TPSA) is 85.0 Å². The van der Waals surface area contributed by atoms with E-state index in [0.29, 0.717) is 11.0 Å². The number of fused-ring (bicyclic) bond motifs is 1. The number of aromatic nitrogens is 3. The Morgan fingerprint density at radius 1 is 1.13 bits per heavy atom. The van der Waals surface area contributed by atoms with Crippen LogP contribution in [-0.2, 0) is 0 Å². The van der Waals surface area contributed by atoms with Crippen molar-refractivity contribution in [2.24, 2.45) is 0 Å². The lowest BCUT2D eigenvalue weighted by Gasteiger charge is -2.24. The van der Waals surface area contributed by atoms with Gasteiger partial charge in [0.25, 0.3) is 11.9 Å². The molecule has 2 aromatic carbocycles. The van der Waals surface area contributed by atoms with Crippen molar-refractivity contribution in [3.63, 3.8) is 0 Å². The van der Waals surface area contributed by atoms with Gasteiger partial charge in [-0.05, 0) is 48.4 Å². The average molecular weight is 432 g/mol. The van der Waals surface area contributed by atoms with Crippen LogP contribution in [-0.4, -0.2) is 20.7 Å². The number of nitrogens with one attached hydrogen (secondary N) is 2. The largest absolute Gasteiger partial charge is 0.459 e. The second-order valence-corrected chi connectivity index (χ2v) is 7.64. The summed E-state index contributed by atoms with van der Waals surface area (Å²) in [4.78, 5) is 16.8. The molecule has 0 fully saturated rings. The number of carbonyl (C=O) groups is 1. The highest BCUT2D eigenvalue weighted by molar-refractivity contribution is 6.30. The van der Waals surface area contributed by atoms with Gasteiger partial charge in [0.15, 0.2) is 5.76 Å². The van der Waals surface area contributed by atoms with Gasteiger partial charge in [-0.1, -0.05) is 53.6 Å². The van der Waals surface area contributed by atoms with Crippen molar-refractivity contribution in [3.05, 3.63) is 100 Å². The monoisotopic (exact) mass is 431 g/mol. The summed E-state index contributed by atoms with van der Waals surface area (Å²) in [6.45, 7) is 2.05. The van der Waals surface area contributed by atoms with Crippen LogP contribution in [0.5, 0.6) is 0 Å². The highest BCUT2D eigenvalue weighted by Crippen LogP contribution is 2.33. The van der Waals surface area contributed by atoms with Crippen LogP contribution in [0.25, 0.3) is 5.70 Å². The maximum Gasteiger partial charge on any atom is 0.293 e. The summed E-state index contributed by atoms with van der Waals surface area (Å²) in [5.41, 5.74) is 4.11. The molecule has 31 heavy (non-hydrogen) atoms. The molecule has 0 saturated heterocycles. The molecule has 154 valence electrons. The van der Waals surface area contributed by atoms with E-state index in [9.17, 15) is 4.79 Å². The molecule has 5 rings (SSSR count). The van der Waals surface area contributed by atoms with Crippen molar-refractivity contribution in [1.29, 1.82) is 0 Å². The van der Waals surface area contributed by atoms with Crippen molar-refractivity contribution >= 4 is 35.1 Å². The van der Waals surface area contributed by atoms with Gasteiger partial charge >= 0.3 is 0 Å². The van der Waals surface area contributed by atoms with Crippen LogP contribution >= 0.6 is 11.6 Å². The third-order valence-electron chi connectivity index (χ3n) is 5.01. The minimum atomic E-state index is -0.414. The van der Waals surface area contributed by atoms with E-state index < -0.39 is 5.91 Å². The van der Waals surface area contributed by atoms with Crippen LogP contribution in [0.2, 0.25) is 5.02 Å². The molecular weight excluding hydrogens is 414 g/mol. The van der Waals surface area contributed by atoms with Gasteiger partial charge < -0.3 is 9.73 Å². The van der Waals surface area contributed by atoms with E-state index in [1.807, 2.05) is 31.2 Å². The highest BCUT2D eigenvalue weighted by atomic mass is 35.5. The van der Waals surface area contributed by atoms with Gasteiger partial charge in [-0.3, -0.25) is 10.1 Å². The first-order valence-electron chi connectivity index (χ1n) is 9.69. The van der Waals surface area contributed by atoms with Gasteiger partial charge in [0.05, 0.1) is 6.26 Å².